The van der Waals surface area contributed by atoms with Crippen molar-refractivity contribution in [2.45, 2.75) is 39.4 Å². The maximum atomic E-state index is 12.2. The fourth-order valence-electron chi connectivity index (χ4n) is 2.56. The first-order valence-electron chi connectivity index (χ1n) is 7.69. The molecule has 2 rings (SSSR count). The number of carbonyl (C=O) groups excluding carboxylic acids is 2. The number of morpholine rings is 1. The molecular weight excluding hydrogens is 282 g/mol. The number of nitrogens with zero attached hydrogens (tertiary/aromatic N) is 1. The molecule has 1 fully saturated rings. The molecule has 0 radical (unpaired) electrons. The van der Waals surface area contributed by atoms with Crippen LogP contribution in [0.5, 0.6) is 5.75 Å². The van der Waals surface area contributed by atoms with Crippen molar-refractivity contribution in [2.75, 3.05) is 19.7 Å². The van der Waals surface area contributed by atoms with Crippen LogP contribution >= 0.6 is 0 Å². The van der Waals surface area contributed by atoms with Crippen LogP contribution in [0.2, 0.25) is 0 Å². The van der Waals surface area contributed by atoms with Crippen molar-refractivity contribution in [1.82, 2.24) is 4.90 Å². The Morgan fingerprint density at radius 2 is 1.77 bits per heavy atom. The van der Waals surface area contributed by atoms with Gasteiger partial charge in [-0.1, -0.05) is 6.92 Å². The van der Waals surface area contributed by atoms with E-state index in [1.54, 1.807) is 29.2 Å². The van der Waals surface area contributed by atoms with Gasteiger partial charge in [-0.2, -0.15) is 0 Å². The van der Waals surface area contributed by atoms with E-state index in [1.165, 1.54) is 0 Å². The molecule has 1 aromatic carbocycles. The van der Waals surface area contributed by atoms with Crippen molar-refractivity contribution < 1.29 is 19.1 Å². The molecule has 2 unspecified atom stereocenters. The lowest BCUT2D eigenvalue weighted by molar-refractivity contribution is -0.145. The summed E-state index contributed by atoms with van der Waals surface area (Å²) in [5.41, 5.74) is 0.664. The van der Waals surface area contributed by atoms with Crippen molar-refractivity contribution in [3.8, 4) is 5.75 Å². The summed E-state index contributed by atoms with van der Waals surface area (Å²) in [6.45, 7) is 6.93. The van der Waals surface area contributed by atoms with E-state index in [9.17, 15) is 9.59 Å². The van der Waals surface area contributed by atoms with E-state index >= 15 is 0 Å². The van der Waals surface area contributed by atoms with E-state index < -0.39 is 0 Å². The van der Waals surface area contributed by atoms with Crippen LogP contribution in [0.15, 0.2) is 24.3 Å². The molecule has 5 heteroatoms. The third kappa shape index (κ3) is 4.31. The second-order valence-corrected chi connectivity index (χ2v) is 5.65. The Kier molecular flexibility index (Phi) is 5.55. The van der Waals surface area contributed by atoms with Crippen LogP contribution in [-0.2, 0) is 9.53 Å². The molecule has 5 nitrogen and oxygen atoms in total. The summed E-state index contributed by atoms with van der Waals surface area (Å²) < 4.78 is 11.1. The summed E-state index contributed by atoms with van der Waals surface area (Å²) in [6.07, 6.45) is 0.575. The zero-order chi connectivity index (χ0) is 16.1. The first kappa shape index (κ1) is 16.5. The molecule has 0 N–H and O–H groups in total. The number of benzene rings is 1. The molecule has 0 bridgehead atoms. The summed E-state index contributed by atoms with van der Waals surface area (Å²) in [5, 5.41) is 0. The summed E-state index contributed by atoms with van der Waals surface area (Å²) in [5.74, 6) is 0.644. The number of amides is 1. The van der Waals surface area contributed by atoms with Gasteiger partial charge in [0.15, 0.2) is 12.4 Å². The zero-order valence-corrected chi connectivity index (χ0v) is 13.4. The first-order valence-corrected chi connectivity index (χ1v) is 7.69. The Hall–Kier alpha value is -1.88. The number of hydrogen-bond acceptors (Lipinski definition) is 4. The van der Waals surface area contributed by atoms with E-state index in [2.05, 4.69) is 0 Å². The summed E-state index contributed by atoms with van der Waals surface area (Å²) in [7, 11) is 0. The van der Waals surface area contributed by atoms with Gasteiger partial charge in [0, 0.05) is 25.1 Å². The van der Waals surface area contributed by atoms with Crippen LogP contribution in [0.1, 0.15) is 37.6 Å². The van der Waals surface area contributed by atoms with Gasteiger partial charge in [-0.25, -0.2) is 0 Å². The molecule has 0 spiro atoms. The fourth-order valence-corrected chi connectivity index (χ4v) is 2.56. The van der Waals surface area contributed by atoms with Gasteiger partial charge in [0.1, 0.15) is 5.75 Å². The number of ether oxygens (including phenoxy) is 2. The van der Waals surface area contributed by atoms with Crippen LogP contribution in [0.3, 0.4) is 0 Å². The fraction of sp³-hybridized carbons (Fsp3) is 0.529. The van der Waals surface area contributed by atoms with Crippen LogP contribution in [-0.4, -0.2) is 48.5 Å². The SMILES string of the molecule is CCC(=O)c1ccc(OCC(=O)N2CC(C)OC(C)C2)cc1. The van der Waals surface area contributed by atoms with E-state index in [1.807, 2.05) is 20.8 Å². The smallest absolute Gasteiger partial charge is 0.260 e. The molecule has 0 saturated carbocycles. The van der Waals surface area contributed by atoms with Crippen LogP contribution < -0.4 is 4.74 Å². The van der Waals surface area contributed by atoms with Crippen molar-refractivity contribution in [2.24, 2.45) is 0 Å². The quantitative estimate of drug-likeness (QED) is 0.783. The lowest BCUT2D eigenvalue weighted by Crippen LogP contribution is -2.49. The van der Waals surface area contributed by atoms with Gasteiger partial charge in [-0.3, -0.25) is 9.59 Å². The predicted octanol–water partition coefficient (Wildman–Crippen LogP) is 2.29. The van der Waals surface area contributed by atoms with Crippen LogP contribution in [0.25, 0.3) is 0 Å². The van der Waals surface area contributed by atoms with Gasteiger partial charge in [0.25, 0.3) is 5.91 Å². The highest BCUT2D eigenvalue weighted by Gasteiger charge is 2.25. The number of Topliss-reactive ketones (excluding diaryl/α,β-unsaturated/α-hetero) is 1. The third-order valence-electron chi connectivity index (χ3n) is 3.63. The van der Waals surface area contributed by atoms with Crippen molar-refractivity contribution >= 4 is 11.7 Å². The highest BCUT2D eigenvalue weighted by atomic mass is 16.5. The molecule has 1 aliphatic heterocycles. The van der Waals surface area contributed by atoms with Crippen molar-refractivity contribution in [1.29, 1.82) is 0 Å². The average Bonchev–Trinajstić information content (AvgIpc) is 2.51. The second-order valence-electron chi connectivity index (χ2n) is 5.65. The molecule has 1 aromatic rings. The first-order chi connectivity index (χ1) is 10.5. The van der Waals surface area contributed by atoms with Crippen LogP contribution in [0.4, 0.5) is 0 Å². The van der Waals surface area contributed by atoms with Gasteiger partial charge in [-0.05, 0) is 38.1 Å². The van der Waals surface area contributed by atoms with Crippen LogP contribution in [0, 0.1) is 0 Å². The lowest BCUT2D eigenvalue weighted by atomic mass is 10.1. The van der Waals surface area contributed by atoms with Gasteiger partial charge >= 0.3 is 0 Å². The Morgan fingerprint density at radius 1 is 1.18 bits per heavy atom. The summed E-state index contributed by atoms with van der Waals surface area (Å²) in [6, 6.07) is 6.90. The van der Waals surface area contributed by atoms with Gasteiger partial charge in [0.05, 0.1) is 12.2 Å². The monoisotopic (exact) mass is 305 g/mol. The highest BCUT2D eigenvalue weighted by molar-refractivity contribution is 5.95. The molecule has 22 heavy (non-hydrogen) atoms. The summed E-state index contributed by atoms with van der Waals surface area (Å²) in [4.78, 5) is 25.5. The maximum Gasteiger partial charge on any atom is 0.260 e. The van der Waals surface area contributed by atoms with Crippen molar-refractivity contribution in [3.05, 3.63) is 29.8 Å². The van der Waals surface area contributed by atoms with E-state index in [0.29, 0.717) is 30.8 Å². The molecule has 120 valence electrons. The maximum absolute atomic E-state index is 12.2. The molecule has 1 heterocycles. The standard InChI is InChI=1S/C17H23NO4/c1-4-16(19)14-5-7-15(8-6-14)21-11-17(20)18-9-12(2)22-13(3)10-18/h5-8,12-13H,4,9-11H2,1-3H3. The minimum atomic E-state index is -0.0456. The topological polar surface area (TPSA) is 55.8 Å². The van der Waals surface area contributed by atoms with Gasteiger partial charge < -0.3 is 14.4 Å². The predicted molar refractivity (Wildman–Crippen MR) is 83.1 cm³/mol. The highest BCUT2D eigenvalue weighted by Crippen LogP contribution is 2.15. The van der Waals surface area contributed by atoms with E-state index in [0.717, 1.165) is 0 Å². The lowest BCUT2D eigenvalue weighted by Gasteiger charge is -2.35. The van der Waals surface area contributed by atoms with Crippen molar-refractivity contribution in [3.63, 3.8) is 0 Å². The summed E-state index contributed by atoms with van der Waals surface area (Å²) >= 11 is 0. The molecule has 0 aromatic heterocycles. The number of rotatable bonds is 5. The molecule has 1 aliphatic rings. The largest absolute Gasteiger partial charge is 0.484 e. The number of carbonyl (C=O) groups is 2. The normalized spacial score (nSPS) is 21.5. The van der Waals surface area contributed by atoms with E-state index in [-0.39, 0.29) is 30.5 Å². The average molecular weight is 305 g/mol. The molecule has 1 amide bonds. The minimum absolute atomic E-state index is 0.000507. The second kappa shape index (κ2) is 7.40. The van der Waals surface area contributed by atoms with E-state index in [4.69, 9.17) is 9.47 Å². The molecule has 0 aliphatic carbocycles. The Balaban J connectivity index is 1.87. The number of hydrogen-bond donors (Lipinski definition) is 0. The zero-order valence-electron chi connectivity index (χ0n) is 13.4. The molecule has 2 atom stereocenters. The Bertz CT molecular complexity index is 516. The number of ketones is 1. The third-order valence-corrected chi connectivity index (χ3v) is 3.63. The molecule has 1 saturated heterocycles. The van der Waals surface area contributed by atoms with Gasteiger partial charge in [0.2, 0.25) is 0 Å². The molecular formula is C17H23NO4. The minimum Gasteiger partial charge on any atom is -0.484 e. The Morgan fingerprint density at radius 3 is 2.32 bits per heavy atom. The van der Waals surface area contributed by atoms with Gasteiger partial charge in [-0.15, -0.1) is 0 Å². The Labute approximate surface area is 131 Å².